The number of aromatic nitrogens is 1. The molecule has 1 aromatic rings. The van der Waals surface area contributed by atoms with Crippen molar-refractivity contribution >= 4 is 23.0 Å². The number of nitrogens with two attached hydrogens (primary N) is 1. The first-order valence-corrected chi connectivity index (χ1v) is 8.17. The summed E-state index contributed by atoms with van der Waals surface area (Å²) in [6.45, 7) is 6.47. The van der Waals surface area contributed by atoms with Crippen LogP contribution in [0, 0.1) is 0 Å². The first-order valence-electron chi connectivity index (χ1n) is 7.77. The van der Waals surface area contributed by atoms with Crippen LogP contribution in [0.3, 0.4) is 0 Å². The second-order valence-electron chi connectivity index (χ2n) is 6.45. The van der Waals surface area contributed by atoms with Crippen LogP contribution in [0.2, 0.25) is 0 Å². The fourth-order valence-corrected chi connectivity index (χ4v) is 3.61. The average Bonchev–Trinajstić information content (AvgIpc) is 2.90. The standard InChI is InChI=1S/C16H24N4S/c1-10-8-20(9-11(2)19(10)3)16-13(15(17)21)7-12-5-4-6-14(12)18-16/h7,10-11H,4-6,8-9H2,1-3H3,(H2,17,21). The second kappa shape index (κ2) is 5.54. The maximum Gasteiger partial charge on any atom is 0.139 e. The summed E-state index contributed by atoms with van der Waals surface area (Å²) in [6.07, 6.45) is 3.38. The van der Waals surface area contributed by atoms with Crippen molar-refractivity contribution in [2.75, 3.05) is 25.0 Å². The quantitative estimate of drug-likeness (QED) is 0.843. The molecule has 1 fully saturated rings. The predicted octanol–water partition coefficient (Wildman–Crippen LogP) is 1.73. The zero-order valence-electron chi connectivity index (χ0n) is 13.1. The number of aryl methyl sites for hydroxylation is 2. The summed E-state index contributed by atoms with van der Waals surface area (Å²) in [5.74, 6) is 0.995. The second-order valence-corrected chi connectivity index (χ2v) is 6.89. The number of likely N-dealkylation sites (N-methyl/N-ethyl adjacent to an activating group) is 1. The molecule has 1 saturated heterocycles. The zero-order valence-corrected chi connectivity index (χ0v) is 13.9. The number of rotatable bonds is 2. The Morgan fingerprint density at radius 3 is 2.57 bits per heavy atom. The van der Waals surface area contributed by atoms with Gasteiger partial charge in [0.25, 0.3) is 0 Å². The molecule has 0 aromatic carbocycles. The van der Waals surface area contributed by atoms with E-state index in [0.29, 0.717) is 17.1 Å². The van der Waals surface area contributed by atoms with Crippen LogP contribution in [0.4, 0.5) is 5.82 Å². The Morgan fingerprint density at radius 1 is 1.29 bits per heavy atom. The van der Waals surface area contributed by atoms with Crippen molar-refractivity contribution in [1.29, 1.82) is 0 Å². The highest BCUT2D eigenvalue weighted by Gasteiger charge is 2.30. The maximum absolute atomic E-state index is 5.97. The van der Waals surface area contributed by atoms with Gasteiger partial charge in [0.05, 0.1) is 5.56 Å². The first kappa shape index (κ1) is 14.7. The zero-order chi connectivity index (χ0) is 15.1. The van der Waals surface area contributed by atoms with Gasteiger partial charge in [-0.15, -0.1) is 0 Å². The van der Waals surface area contributed by atoms with Crippen molar-refractivity contribution in [2.45, 2.75) is 45.2 Å². The summed E-state index contributed by atoms with van der Waals surface area (Å²) in [5.41, 5.74) is 9.49. The molecule has 2 unspecified atom stereocenters. The van der Waals surface area contributed by atoms with Crippen LogP contribution in [-0.2, 0) is 12.8 Å². The topological polar surface area (TPSA) is 45.4 Å². The fourth-order valence-electron chi connectivity index (χ4n) is 3.46. The number of anilines is 1. The molecule has 3 rings (SSSR count). The van der Waals surface area contributed by atoms with Gasteiger partial charge in [0.1, 0.15) is 10.8 Å². The van der Waals surface area contributed by atoms with Crippen molar-refractivity contribution < 1.29 is 0 Å². The van der Waals surface area contributed by atoms with Gasteiger partial charge >= 0.3 is 0 Å². The summed E-state index contributed by atoms with van der Waals surface area (Å²) in [7, 11) is 2.19. The van der Waals surface area contributed by atoms with Gasteiger partial charge in [-0.3, -0.25) is 4.90 Å². The van der Waals surface area contributed by atoms with E-state index >= 15 is 0 Å². The Hall–Kier alpha value is -1.20. The van der Waals surface area contributed by atoms with Crippen LogP contribution in [0.1, 0.15) is 37.1 Å². The molecule has 0 radical (unpaired) electrons. The monoisotopic (exact) mass is 304 g/mol. The molecule has 1 aliphatic carbocycles. The molecule has 2 aliphatic rings. The average molecular weight is 304 g/mol. The lowest BCUT2D eigenvalue weighted by Gasteiger charge is -2.43. The minimum atomic E-state index is 0.464. The van der Waals surface area contributed by atoms with Crippen LogP contribution >= 0.6 is 12.2 Å². The SMILES string of the molecule is CC1CN(c2nc3c(cc2C(N)=S)CCC3)CC(C)N1C. The number of piperazine rings is 1. The minimum Gasteiger partial charge on any atom is -0.389 e. The van der Waals surface area contributed by atoms with Crippen LogP contribution in [0.5, 0.6) is 0 Å². The molecular weight excluding hydrogens is 280 g/mol. The molecule has 21 heavy (non-hydrogen) atoms. The Balaban J connectivity index is 1.99. The third kappa shape index (κ3) is 2.64. The van der Waals surface area contributed by atoms with E-state index in [-0.39, 0.29) is 0 Å². The van der Waals surface area contributed by atoms with E-state index in [1.807, 2.05) is 0 Å². The molecule has 0 bridgehead atoms. The van der Waals surface area contributed by atoms with Gasteiger partial charge in [-0.2, -0.15) is 0 Å². The van der Waals surface area contributed by atoms with E-state index in [0.717, 1.165) is 37.3 Å². The molecule has 114 valence electrons. The van der Waals surface area contributed by atoms with Crippen LogP contribution in [-0.4, -0.2) is 47.1 Å². The summed E-state index contributed by atoms with van der Waals surface area (Å²) < 4.78 is 0. The van der Waals surface area contributed by atoms with Crippen molar-refractivity contribution in [1.82, 2.24) is 9.88 Å². The van der Waals surface area contributed by atoms with Gasteiger partial charge < -0.3 is 10.6 Å². The molecule has 2 N–H and O–H groups in total. The molecule has 2 heterocycles. The summed E-state index contributed by atoms with van der Waals surface area (Å²) in [4.78, 5) is 10.2. The van der Waals surface area contributed by atoms with Crippen molar-refractivity contribution in [3.63, 3.8) is 0 Å². The molecular formula is C16H24N4S. The summed E-state index contributed by atoms with van der Waals surface area (Å²) >= 11 is 5.27. The van der Waals surface area contributed by atoms with Crippen molar-refractivity contribution in [3.05, 3.63) is 22.9 Å². The van der Waals surface area contributed by atoms with E-state index in [1.165, 1.54) is 17.7 Å². The van der Waals surface area contributed by atoms with E-state index in [9.17, 15) is 0 Å². The maximum atomic E-state index is 5.97. The molecule has 5 heteroatoms. The molecule has 0 saturated carbocycles. The third-order valence-corrected chi connectivity index (χ3v) is 5.18. The first-order chi connectivity index (χ1) is 9.97. The van der Waals surface area contributed by atoms with E-state index in [2.05, 4.69) is 36.8 Å². The van der Waals surface area contributed by atoms with Gasteiger partial charge in [-0.05, 0) is 51.8 Å². The van der Waals surface area contributed by atoms with Gasteiger partial charge in [0.15, 0.2) is 0 Å². The molecule has 1 aliphatic heterocycles. The fraction of sp³-hybridized carbons (Fsp3) is 0.625. The normalized spacial score (nSPS) is 26.0. The number of pyridine rings is 1. The number of hydrogen-bond acceptors (Lipinski definition) is 4. The van der Waals surface area contributed by atoms with Gasteiger partial charge in [0, 0.05) is 30.9 Å². The number of fused-ring (bicyclic) bond motifs is 1. The lowest BCUT2D eigenvalue weighted by molar-refractivity contribution is 0.169. The van der Waals surface area contributed by atoms with Gasteiger partial charge in [-0.1, -0.05) is 12.2 Å². The molecule has 2 atom stereocenters. The Labute approximate surface area is 132 Å². The Bertz CT molecular complexity index is 560. The molecule has 0 amide bonds. The third-order valence-electron chi connectivity index (χ3n) is 4.96. The summed E-state index contributed by atoms with van der Waals surface area (Å²) in [5, 5.41) is 0. The van der Waals surface area contributed by atoms with E-state index in [1.54, 1.807) is 0 Å². The highest BCUT2D eigenvalue weighted by atomic mass is 32.1. The predicted molar refractivity (Wildman–Crippen MR) is 91.0 cm³/mol. The smallest absolute Gasteiger partial charge is 0.139 e. The highest BCUT2D eigenvalue weighted by molar-refractivity contribution is 7.80. The van der Waals surface area contributed by atoms with Gasteiger partial charge in [0.2, 0.25) is 0 Å². The number of thiocarbonyl (C=S) groups is 1. The molecule has 0 spiro atoms. The van der Waals surface area contributed by atoms with Crippen LogP contribution in [0.25, 0.3) is 0 Å². The number of hydrogen-bond donors (Lipinski definition) is 1. The lowest BCUT2D eigenvalue weighted by atomic mass is 10.1. The van der Waals surface area contributed by atoms with E-state index in [4.69, 9.17) is 22.9 Å². The minimum absolute atomic E-state index is 0.464. The van der Waals surface area contributed by atoms with Crippen molar-refractivity contribution in [3.8, 4) is 0 Å². The summed E-state index contributed by atoms with van der Waals surface area (Å²) in [6, 6.07) is 3.19. The van der Waals surface area contributed by atoms with Gasteiger partial charge in [-0.25, -0.2) is 4.98 Å². The van der Waals surface area contributed by atoms with Crippen molar-refractivity contribution in [2.24, 2.45) is 5.73 Å². The van der Waals surface area contributed by atoms with Crippen LogP contribution in [0.15, 0.2) is 6.07 Å². The number of nitrogens with zero attached hydrogens (tertiary/aromatic N) is 3. The largest absolute Gasteiger partial charge is 0.389 e. The molecule has 4 nitrogen and oxygen atoms in total. The van der Waals surface area contributed by atoms with Crippen LogP contribution < -0.4 is 10.6 Å². The molecule has 1 aromatic heterocycles. The Kier molecular flexibility index (Phi) is 3.88. The Morgan fingerprint density at radius 2 is 1.95 bits per heavy atom. The lowest BCUT2D eigenvalue weighted by Crippen LogP contribution is -2.55. The van der Waals surface area contributed by atoms with E-state index < -0.39 is 0 Å². The highest BCUT2D eigenvalue weighted by Crippen LogP contribution is 2.29.